The molecule has 2 rings (SSSR count). The van der Waals surface area contributed by atoms with Crippen LogP contribution in [0.2, 0.25) is 0 Å². The monoisotopic (exact) mass is 305 g/mol. The van der Waals surface area contributed by atoms with Gasteiger partial charge in [-0.3, -0.25) is 9.59 Å². The molecule has 0 radical (unpaired) electrons. The van der Waals surface area contributed by atoms with Crippen molar-refractivity contribution in [1.29, 1.82) is 0 Å². The molecule has 1 amide bonds. The maximum Gasteiger partial charge on any atom is 0.335 e. The lowest BCUT2D eigenvalue weighted by atomic mass is 9.78. The first-order chi connectivity index (χ1) is 10.5. The molecule has 0 aliphatic heterocycles. The SMILES string of the molecule is O=C(O)c1ccc(CNC(=O)C2CCCCC2C(=O)O)cc1. The van der Waals surface area contributed by atoms with Gasteiger partial charge in [-0.05, 0) is 30.5 Å². The van der Waals surface area contributed by atoms with Gasteiger partial charge in [0.15, 0.2) is 0 Å². The number of rotatable bonds is 5. The molecular weight excluding hydrogens is 286 g/mol. The van der Waals surface area contributed by atoms with Crippen LogP contribution in [-0.4, -0.2) is 28.1 Å². The van der Waals surface area contributed by atoms with Crippen LogP contribution in [0.5, 0.6) is 0 Å². The highest BCUT2D eigenvalue weighted by molar-refractivity contribution is 5.87. The fourth-order valence-corrected chi connectivity index (χ4v) is 2.83. The van der Waals surface area contributed by atoms with Crippen LogP contribution in [0.1, 0.15) is 41.6 Å². The van der Waals surface area contributed by atoms with E-state index < -0.39 is 23.8 Å². The van der Waals surface area contributed by atoms with Crippen LogP contribution in [0, 0.1) is 11.8 Å². The van der Waals surface area contributed by atoms with Crippen molar-refractivity contribution in [1.82, 2.24) is 5.32 Å². The Morgan fingerprint density at radius 1 is 1.00 bits per heavy atom. The topological polar surface area (TPSA) is 104 Å². The Bertz CT molecular complexity index is 566. The number of nitrogens with one attached hydrogen (secondary N) is 1. The van der Waals surface area contributed by atoms with Crippen molar-refractivity contribution < 1.29 is 24.6 Å². The number of amides is 1. The number of carboxylic acid groups (broad SMARTS) is 2. The zero-order valence-corrected chi connectivity index (χ0v) is 12.1. The summed E-state index contributed by atoms with van der Waals surface area (Å²) in [4.78, 5) is 34.2. The summed E-state index contributed by atoms with van der Waals surface area (Å²) < 4.78 is 0. The smallest absolute Gasteiger partial charge is 0.335 e. The number of benzene rings is 1. The summed E-state index contributed by atoms with van der Waals surface area (Å²) in [6, 6.07) is 6.23. The fraction of sp³-hybridized carbons (Fsp3) is 0.438. The van der Waals surface area contributed by atoms with E-state index in [1.165, 1.54) is 12.1 Å². The summed E-state index contributed by atoms with van der Waals surface area (Å²) in [5.41, 5.74) is 0.967. The fourth-order valence-electron chi connectivity index (χ4n) is 2.83. The molecule has 0 heterocycles. The predicted molar refractivity (Wildman–Crippen MR) is 78.3 cm³/mol. The molecule has 0 aromatic heterocycles. The molecule has 2 unspecified atom stereocenters. The van der Waals surface area contributed by atoms with E-state index in [1.807, 2.05) is 0 Å². The Morgan fingerprint density at radius 3 is 2.14 bits per heavy atom. The van der Waals surface area contributed by atoms with E-state index in [0.29, 0.717) is 12.8 Å². The van der Waals surface area contributed by atoms with Crippen molar-refractivity contribution in [2.75, 3.05) is 0 Å². The zero-order valence-electron chi connectivity index (χ0n) is 12.1. The third-order valence-corrected chi connectivity index (χ3v) is 4.09. The first-order valence-corrected chi connectivity index (χ1v) is 7.32. The van der Waals surface area contributed by atoms with Gasteiger partial charge in [0.2, 0.25) is 5.91 Å². The minimum atomic E-state index is -0.998. The first-order valence-electron chi connectivity index (χ1n) is 7.32. The molecule has 0 bridgehead atoms. The van der Waals surface area contributed by atoms with Crippen molar-refractivity contribution in [2.45, 2.75) is 32.2 Å². The van der Waals surface area contributed by atoms with Gasteiger partial charge in [-0.25, -0.2) is 4.79 Å². The van der Waals surface area contributed by atoms with Gasteiger partial charge < -0.3 is 15.5 Å². The summed E-state index contributed by atoms with van der Waals surface area (Å²) in [7, 11) is 0. The van der Waals surface area contributed by atoms with E-state index in [2.05, 4.69) is 5.32 Å². The summed E-state index contributed by atoms with van der Waals surface area (Å²) in [5.74, 6) is -3.24. The third kappa shape index (κ3) is 3.84. The number of carbonyl (C=O) groups is 3. The summed E-state index contributed by atoms with van der Waals surface area (Å²) in [5, 5.41) is 20.8. The van der Waals surface area contributed by atoms with Crippen LogP contribution >= 0.6 is 0 Å². The highest BCUT2D eigenvalue weighted by Gasteiger charge is 2.35. The normalized spacial score (nSPS) is 21.1. The molecule has 1 aromatic carbocycles. The van der Waals surface area contributed by atoms with Gasteiger partial charge in [-0.15, -0.1) is 0 Å². The average molecular weight is 305 g/mol. The molecule has 6 nitrogen and oxygen atoms in total. The van der Waals surface area contributed by atoms with E-state index in [1.54, 1.807) is 12.1 Å². The molecule has 1 fully saturated rings. The Labute approximate surface area is 128 Å². The minimum absolute atomic E-state index is 0.188. The van der Waals surface area contributed by atoms with Gasteiger partial charge in [0, 0.05) is 6.54 Å². The average Bonchev–Trinajstić information content (AvgIpc) is 2.53. The summed E-state index contributed by atoms with van der Waals surface area (Å²) in [6.07, 6.45) is 2.86. The number of hydrogen-bond donors (Lipinski definition) is 3. The molecule has 0 spiro atoms. The molecule has 22 heavy (non-hydrogen) atoms. The van der Waals surface area contributed by atoms with Gasteiger partial charge in [0.05, 0.1) is 17.4 Å². The van der Waals surface area contributed by atoms with E-state index in [-0.39, 0.29) is 18.0 Å². The van der Waals surface area contributed by atoms with E-state index >= 15 is 0 Å². The maximum atomic E-state index is 12.2. The molecule has 118 valence electrons. The van der Waals surface area contributed by atoms with Gasteiger partial charge in [-0.1, -0.05) is 25.0 Å². The highest BCUT2D eigenvalue weighted by Crippen LogP contribution is 2.30. The van der Waals surface area contributed by atoms with Gasteiger partial charge in [-0.2, -0.15) is 0 Å². The Balaban J connectivity index is 1.93. The van der Waals surface area contributed by atoms with E-state index in [9.17, 15) is 19.5 Å². The van der Waals surface area contributed by atoms with Crippen molar-refractivity contribution >= 4 is 17.8 Å². The van der Waals surface area contributed by atoms with Crippen LogP contribution in [-0.2, 0) is 16.1 Å². The van der Waals surface area contributed by atoms with Gasteiger partial charge in [0.25, 0.3) is 0 Å². The molecular formula is C16H19NO5. The van der Waals surface area contributed by atoms with Crippen molar-refractivity contribution in [3.8, 4) is 0 Å². The Kier molecular flexibility index (Phi) is 5.14. The molecule has 0 saturated heterocycles. The van der Waals surface area contributed by atoms with E-state index in [0.717, 1.165) is 18.4 Å². The number of aliphatic carboxylic acids is 1. The Morgan fingerprint density at radius 2 is 1.59 bits per heavy atom. The van der Waals surface area contributed by atoms with E-state index in [4.69, 9.17) is 5.11 Å². The lowest BCUT2D eigenvalue weighted by Crippen LogP contribution is -2.39. The highest BCUT2D eigenvalue weighted by atomic mass is 16.4. The van der Waals surface area contributed by atoms with Gasteiger partial charge in [0.1, 0.15) is 0 Å². The number of carbonyl (C=O) groups excluding carboxylic acids is 1. The minimum Gasteiger partial charge on any atom is -0.481 e. The second-order valence-corrected chi connectivity index (χ2v) is 5.56. The van der Waals surface area contributed by atoms with Crippen LogP contribution in [0.3, 0.4) is 0 Å². The molecule has 1 aromatic rings. The molecule has 1 aliphatic rings. The maximum absolute atomic E-state index is 12.2. The predicted octanol–water partition coefficient (Wildman–Crippen LogP) is 1.89. The number of carboxylic acids is 2. The third-order valence-electron chi connectivity index (χ3n) is 4.09. The molecule has 6 heteroatoms. The van der Waals surface area contributed by atoms with Crippen LogP contribution in [0.25, 0.3) is 0 Å². The summed E-state index contributed by atoms with van der Waals surface area (Å²) >= 11 is 0. The number of hydrogen-bond acceptors (Lipinski definition) is 3. The number of aromatic carboxylic acids is 1. The lowest BCUT2D eigenvalue weighted by molar-refractivity contribution is -0.148. The van der Waals surface area contributed by atoms with Crippen molar-refractivity contribution in [3.05, 3.63) is 35.4 Å². The van der Waals surface area contributed by atoms with Crippen molar-refractivity contribution in [2.24, 2.45) is 11.8 Å². The summed E-state index contributed by atoms with van der Waals surface area (Å²) in [6.45, 7) is 0.265. The van der Waals surface area contributed by atoms with Crippen LogP contribution in [0.4, 0.5) is 0 Å². The first kappa shape index (κ1) is 16.0. The largest absolute Gasteiger partial charge is 0.481 e. The lowest BCUT2D eigenvalue weighted by Gasteiger charge is -2.27. The second kappa shape index (κ2) is 7.06. The van der Waals surface area contributed by atoms with Crippen LogP contribution in [0.15, 0.2) is 24.3 Å². The standard InChI is InChI=1S/C16H19NO5/c18-14(12-3-1-2-4-13(12)16(21)22)17-9-10-5-7-11(8-6-10)15(19)20/h5-8,12-13H,1-4,9H2,(H,17,18)(H,19,20)(H,21,22). The second-order valence-electron chi connectivity index (χ2n) is 5.56. The van der Waals surface area contributed by atoms with Crippen molar-refractivity contribution in [3.63, 3.8) is 0 Å². The molecule has 1 aliphatic carbocycles. The zero-order chi connectivity index (χ0) is 16.1. The van der Waals surface area contributed by atoms with Gasteiger partial charge >= 0.3 is 11.9 Å². The Hall–Kier alpha value is -2.37. The molecule has 1 saturated carbocycles. The molecule has 2 atom stereocenters. The molecule has 3 N–H and O–H groups in total. The quantitative estimate of drug-likeness (QED) is 0.770. The van der Waals surface area contributed by atoms with Crippen LogP contribution < -0.4 is 5.32 Å².